The molecule has 0 atom stereocenters. The summed E-state index contributed by atoms with van der Waals surface area (Å²) in [7, 11) is 2.22. The lowest BCUT2D eigenvalue weighted by molar-refractivity contribution is 0.155. The zero-order valence-corrected chi connectivity index (χ0v) is 18.0. The molecule has 1 heterocycles. The summed E-state index contributed by atoms with van der Waals surface area (Å²) in [5.74, 6) is 0. The Balaban J connectivity index is 1.67. The Morgan fingerprint density at radius 1 is 0.577 bits per heavy atom. The van der Waals surface area contributed by atoms with Crippen LogP contribution in [0, 0.1) is 0 Å². The van der Waals surface area contributed by atoms with Crippen molar-refractivity contribution in [3.05, 3.63) is 0 Å². The van der Waals surface area contributed by atoms with Crippen LogP contribution >= 0.6 is 0 Å². The first kappa shape index (κ1) is 23.9. The number of hydrogen-bond donors (Lipinski definition) is 2. The number of likely N-dealkylation sites (N-methyl/N-ethyl adjacent to an activating group) is 1. The fourth-order valence-electron chi connectivity index (χ4n) is 3.62. The lowest BCUT2D eigenvalue weighted by Crippen LogP contribution is -2.46. The maximum atomic E-state index is 3.61. The summed E-state index contributed by atoms with van der Waals surface area (Å²) in [6.45, 7) is 13.2. The minimum atomic E-state index is 1.15. The van der Waals surface area contributed by atoms with Crippen LogP contribution in [0.3, 0.4) is 0 Å². The number of hydrogen-bond acceptors (Lipinski definition) is 4. The smallest absolute Gasteiger partial charge is 0.0110 e. The summed E-state index contributed by atoms with van der Waals surface area (Å²) in [5, 5.41) is 7.23. The van der Waals surface area contributed by atoms with Crippen molar-refractivity contribution in [2.75, 3.05) is 66.0 Å². The molecule has 1 saturated heterocycles. The molecule has 0 radical (unpaired) electrons. The van der Waals surface area contributed by atoms with Gasteiger partial charge >= 0.3 is 0 Å². The second-order valence-corrected chi connectivity index (χ2v) is 8.18. The van der Waals surface area contributed by atoms with Gasteiger partial charge in [0.15, 0.2) is 0 Å². The van der Waals surface area contributed by atoms with Gasteiger partial charge < -0.3 is 15.5 Å². The first-order valence-corrected chi connectivity index (χ1v) is 11.6. The predicted molar refractivity (Wildman–Crippen MR) is 116 cm³/mol. The second kappa shape index (κ2) is 18.2. The molecule has 1 aliphatic rings. The van der Waals surface area contributed by atoms with Crippen LogP contribution < -0.4 is 10.6 Å². The molecule has 0 unspecified atom stereocenters. The second-order valence-electron chi connectivity index (χ2n) is 8.18. The largest absolute Gasteiger partial charge is 0.317 e. The fourth-order valence-corrected chi connectivity index (χ4v) is 3.62. The molecule has 0 spiro atoms. The van der Waals surface area contributed by atoms with Gasteiger partial charge in [0.2, 0.25) is 0 Å². The predicted octanol–water partition coefficient (Wildman–Crippen LogP) is 3.72. The van der Waals surface area contributed by atoms with Crippen LogP contribution in [0.2, 0.25) is 0 Å². The highest BCUT2D eigenvalue weighted by Crippen LogP contribution is 2.07. The monoisotopic (exact) mass is 368 g/mol. The Morgan fingerprint density at radius 2 is 1.04 bits per heavy atom. The van der Waals surface area contributed by atoms with E-state index in [4.69, 9.17) is 0 Å². The van der Waals surface area contributed by atoms with Crippen LogP contribution in [0.5, 0.6) is 0 Å². The van der Waals surface area contributed by atoms with Crippen molar-refractivity contribution in [1.29, 1.82) is 0 Å². The van der Waals surface area contributed by atoms with Gasteiger partial charge in [-0.25, -0.2) is 0 Å². The Kier molecular flexibility index (Phi) is 16.7. The minimum absolute atomic E-state index is 1.15. The summed E-state index contributed by atoms with van der Waals surface area (Å²) < 4.78 is 0. The standard InChI is InChI=1S/C22H48N4/c1-3-4-5-6-7-8-9-11-14-23-15-12-10-13-16-24-17-18-26-21-19-25(2)20-22-26/h23-24H,3-22H2,1-2H3. The van der Waals surface area contributed by atoms with Crippen molar-refractivity contribution < 1.29 is 0 Å². The lowest BCUT2D eigenvalue weighted by atomic mass is 10.1. The van der Waals surface area contributed by atoms with Gasteiger partial charge in [-0.1, -0.05) is 58.3 Å². The van der Waals surface area contributed by atoms with Crippen molar-refractivity contribution in [2.45, 2.75) is 77.6 Å². The van der Waals surface area contributed by atoms with E-state index < -0.39 is 0 Å². The molecule has 0 aromatic heterocycles. The summed E-state index contributed by atoms with van der Waals surface area (Å²) in [4.78, 5) is 5.01. The molecule has 26 heavy (non-hydrogen) atoms. The molecular weight excluding hydrogens is 320 g/mol. The van der Waals surface area contributed by atoms with Crippen molar-refractivity contribution in [1.82, 2.24) is 20.4 Å². The maximum Gasteiger partial charge on any atom is 0.0110 e. The highest BCUT2D eigenvalue weighted by molar-refractivity contribution is 4.69. The molecule has 156 valence electrons. The molecule has 0 aromatic carbocycles. The van der Waals surface area contributed by atoms with Crippen LogP contribution in [0.25, 0.3) is 0 Å². The normalized spacial score (nSPS) is 16.4. The SMILES string of the molecule is CCCCCCCCCCNCCCCCNCCN1CCN(C)CC1. The van der Waals surface area contributed by atoms with E-state index in [2.05, 4.69) is 34.4 Å². The lowest BCUT2D eigenvalue weighted by Gasteiger charge is -2.32. The summed E-state index contributed by atoms with van der Waals surface area (Å²) in [5.41, 5.74) is 0. The number of unbranched alkanes of at least 4 members (excludes halogenated alkanes) is 9. The molecule has 2 N–H and O–H groups in total. The highest BCUT2D eigenvalue weighted by atomic mass is 15.2. The molecule has 4 nitrogen and oxygen atoms in total. The van der Waals surface area contributed by atoms with E-state index in [1.165, 1.54) is 123 Å². The van der Waals surface area contributed by atoms with Gasteiger partial charge in [0.05, 0.1) is 0 Å². The number of rotatable bonds is 18. The average molecular weight is 369 g/mol. The molecule has 1 aliphatic heterocycles. The zero-order valence-electron chi connectivity index (χ0n) is 18.0. The minimum Gasteiger partial charge on any atom is -0.317 e. The fraction of sp³-hybridized carbons (Fsp3) is 1.00. The molecule has 0 aliphatic carbocycles. The summed E-state index contributed by atoms with van der Waals surface area (Å²) >= 11 is 0. The van der Waals surface area contributed by atoms with E-state index in [1.807, 2.05) is 0 Å². The number of piperazine rings is 1. The van der Waals surface area contributed by atoms with Gasteiger partial charge in [-0.05, 0) is 45.9 Å². The third kappa shape index (κ3) is 15.0. The molecule has 0 saturated carbocycles. The van der Waals surface area contributed by atoms with E-state index in [0.717, 1.165) is 6.54 Å². The Hall–Kier alpha value is -0.160. The molecule has 0 bridgehead atoms. The number of nitrogens with zero attached hydrogens (tertiary/aromatic N) is 2. The molecule has 1 fully saturated rings. The Labute approximate surface area is 164 Å². The topological polar surface area (TPSA) is 30.5 Å². The van der Waals surface area contributed by atoms with Gasteiger partial charge in [-0.3, -0.25) is 4.90 Å². The van der Waals surface area contributed by atoms with E-state index in [9.17, 15) is 0 Å². The van der Waals surface area contributed by atoms with Gasteiger partial charge in [0.1, 0.15) is 0 Å². The van der Waals surface area contributed by atoms with Gasteiger partial charge in [0.25, 0.3) is 0 Å². The van der Waals surface area contributed by atoms with E-state index >= 15 is 0 Å². The van der Waals surface area contributed by atoms with E-state index in [0.29, 0.717) is 0 Å². The zero-order chi connectivity index (χ0) is 18.7. The molecular formula is C22H48N4. The highest BCUT2D eigenvalue weighted by Gasteiger charge is 2.12. The molecule has 0 amide bonds. The average Bonchev–Trinajstić information content (AvgIpc) is 2.66. The van der Waals surface area contributed by atoms with Gasteiger partial charge in [-0.2, -0.15) is 0 Å². The summed E-state index contributed by atoms with van der Waals surface area (Å²) in [6, 6.07) is 0. The summed E-state index contributed by atoms with van der Waals surface area (Å²) in [6.07, 6.45) is 15.3. The molecule has 1 rings (SSSR count). The Morgan fingerprint density at radius 3 is 1.62 bits per heavy atom. The first-order chi connectivity index (χ1) is 12.8. The van der Waals surface area contributed by atoms with Crippen molar-refractivity contribution in [3.8, 4) is 0 Å². The van der Waals surface area contributed by atoms with Crippen molar-refractivity contribution in [2.24, 2.45) is 0 Å². The molecule has 0 aromatic rings. The van der Waals surface area contributed by atoms with E-state index in [1.54, 1.807) is 0 Å². The Bertz CT molecular complexity index is 277. The number of nitrogens with one attached hydrogen (secondary N) is 2. The van der Waals surface area contributed by atoms with Gasteiger partial charge in [-0.15, -0.1) is 0 Å². The van der Waals surface area contributed by atoms with Crippen LogP contribution in [0.4, 0.5) is 0 Å². The first-order valence-electron chi connectivity index (χ1n) is 11.6. The molecule has 4 heteroatoms. The maximum absolute atomic E-state index is 3.61. The van der Waals surface area contributed by atoms with Crippen LogP contribution in [-0.2, 0) is 0 Å². The van der Waals surface area contributed by atoms with Crippen molar-refractivity contribution in [3.63, 3.8) is 0 Å². The third-order valence-corrected chi connectivity index (χ3v) is 5.61. The van der Waals surface area contributed by atoms with Crippen LogP contribution in [0.1, 0.15) is 77.6 Å². The van der Waals surface area contributed by atoms with E-state index in [-0.39, 0.29) is 0 Å². The quantitative estimate of drug-likeness (QED) is 0.361. The van der Waals surface area contributed by atoms with Crippen LogP contribution in [-0.4, -0.2) is 75.8 Å². The third-order valence-electron chi connectivity index (χ3n) is 5.61. The van der Waals surface area contributed by atoms with Crippen LogP contribution in [0.15, 0.2) is 0 Å². The van der Waals surface area contributed by atoms with Gasteiger partial charge in [0, 0.05) is 39.3 Å². The van der Waals surface area contributed by atoms with Crippen molar-refractivity contribution >= 4 is 0 Å².